The van der Waals surface area contributed by atoms with Crippen LogP contribution in [0.25, 0.3) is 10.8 Å². The zero-order valence-corrected chi connectivity index (χ0v) is 16.4. The Hall–Kier alpha value is -2.43. The Balaban J connectivity index is 1.81. The van der Waals surface area contributed by atoms with E-state index in [1.807, 2.05) is 67.6 Å². The van der Waals surface area contributed by atoms with E-state index in [0.717, 1.165) is 28.3 Å². The molecule has 0 aliphatic carbocycles. The fourth-order valence-corrected chi connectivity index (χ4v) is 5.40. The first-order chi connectivity index (χ1) is 13.0. The number of hydrogen-bond acceptors (Lipinski definition) is 2. The third-order valence-electron chi connectivity index (χ3n) is 5.48. The van der Waals surface area contributed by atoms with Crippen LogP contribution in [0.1, 0.15) is 31.9 Å². The van der Waals surface area contributed by atoms with Gasteiger partial charge in [-0.2, -0.15) is 4.31 Å². The molecule has 0 radical (unpaired) electrons. The molecule has 4 rings (SSSR count). The van der Waals surface area contributed by atoms with Gasteiger partial charge in [0, 0.05) is 6.54 Å². The van der Waals surface area contributed by atoms with Crippen LogP contribution in [0.4, 0.5) is 0 Å². The summed E-state index contributed by atoms with van der Waals surface area (Å²) in [5, 5.41) is 1.98. The van der Waals surface area contributed by atoms with Gasteiger partial charge in [0.15, 0.2) is 0 Å². The molecule has 1 heterocycles. The van der Waals surface area contributed by atoms with Gasteiger partial charge in [-0.05, 0) is 48.7 Å². The van der Waals surface area contributed by atoms with Crippen LogP contribution in [-0.4, -0.2) is 19.3 Å². The first kappa shape index (κ1) is 18.0. The summed E-state index contributed by atoms with van der Waals surface area (Å²) in [5.41, 5.74) is 3.44. The van der Waals surface area contributed by atoms with Gasteiger partial charge < -0.3 is 0 Å². The van der Waals surface area contributed by atoms with Crippen LogP contribution in [0.3, 0.4) is 0 Å². The molecule has 1 aliphatic rings. The molecule has 3 nitrogen and oxygen atoms in total. The minimum absolute atomic E-state index is 0.175. The molecule has 138 valence electrons. The van der Waals surface area contributed by atoms with Gasteiger partial charge in [0.2, 0.25) is 10.0 Å². The molecule has 1 atom stereocenters. The standard InChI is InChI=1S/C23H23NO2S/c1-17-14-23(20-9-4-3-5-10-20)24(16-18(17)2)27(25,26)22-13-12-19-8-6-7-11-21(19)15-22/h3-13,15,23H,14,16H2,1-2H3/t23-/m1/s1. The SMILES string of the molecule is CC1=C(C)CN(S(=O)(=O)c2ccc3ccccc3c2)[C@@H](c2ccccc2)C1. The molecule has 3 aromatic rings. The second-order valence-corrected chi connectivity index (χ2v) is 9.14. The van der Waals surface area contributed by atoms with Crippen molar-refractivity contribution in [3.8, 4) is 0 Å². The average molecular weight is 378 g/mol. The minimum atomic E-state index is -3.61. The predicted molar refractivity (Wildman–Crippen MR) is 110 cm³/mol. The number of benzene rings is 3. The van der Waals surface area contributed by atoms with Crippen LogP contribution in [0, 0.1) is 0 Å². The van der Waals surface area contributed by atoms with Gasteiger partial charge in [-0.3, -0.25) is 0 Å². The first-order valence-electron chi connectivity index (χ1n) is 9.17. The maximum Gasteiger partial charge on any atom is 0.243 e. The molecule has 0 unspecified atom stereocenters. The number of fused-ring (bicyclic) bond motifs is 1. The van der Waals surface area contributed by atoms with Crippen molar-refractivity contribution in [3.05, 3.63) is 89.5 Å². The Bertz CT molecular complexity index is 1120. The minimum Gasteiger partial charge on any atom is -0.207 e. The quantitative estimate of drug-likeness (QED) is 0.580. The highest BCUT2D eigenvalue weighted by Gasteiger charge is 2.35. The second-order valence-electron chi connectivity index (χ2n) is 7.25. The van der Waals surface area contributed by atoms with Crippen molar-refractivity contribution in [2.75, 3.05) is 6.54 Å². The van der Waals surface area contributed by atoms with Crippen LogP contribution in [-0.2, 0) is 10.0 Å². The van der Waals surface area contributed by atoms with E-state index < -0.39 is 10.0 Å². The Kier molecular flexibility index (Phi) is 4.62. The van der Waals surface area contributed by atoms with Crippen molar-refractivity contribution in [3.63, 3.8) is 0 Å². The molecule has 3 aromatic carbocycles. The highest BCUT2D eigenvalue weighted by molar-refractivity contribution is 7.89. The van der Waals surface area contributed by atoms with Gasteiger partial charge in [-0.15, -0.1) is 0 Å². The summed E-state index contributed by atoms with van der Waals surface area (Å²) < 4.78 is 28.8. The molecule has 27 heavy (non-hydrogen) atoms. The van der Waals surface area contributed by atoms with Crippen molar-refractivity contribution in [1.82, 2.24) is 4.31 Å². The second kappa shape index (κ2) is 6.95. The van der Waals surface area contributed by atoms with E-state index in [0.29, 0.717) is 11.4 Å². The highest BCUT2D eigenvalue weighted by Crippen LogP contribution is 2.38. The topological polar surface area (TPSA) is 37.4 Å². The van der Waals surface area contributed by atoms with E-state index in [9.17, 15) is 8.42 Å². The lowest BCUT2D eigenvalue weighted by atomic mass is 9.93. The maximum absolute atomic E-state index is 13.6. The number of rotatable bonds is 3. The molecule has 0 N–H and O–H groups in total. The zero-order valence-electron chi connectivity index (χ0n) is 15.6. The monoisotopic (exact) mass is 377 g/mol. The maximum atomic E-state index is 13.6. The fourth-order valence-electron chi connectivity index (χ4n) is 3.72. The molecule has 1 aliphatic heterocycles. The predicted octanol–water partition coefficient (Wildman–Crippen LogP) is 5.31. The molecule has 0 spiro atoms. The average Bonchev–Trinajstić information content (AvgIpc) is 2.70. The largest absolute Gasteiger partial charge is 0.243 e. The van der Waals surface area contributed by atoms with Crippen LogP contribution < -0.4 is 0 Å². The molecular weight excluding hydrogens is 354 g/mol. The summed E-state index contributed by atoms with van der Waals surface area (Å²) in [4.78, 5) is 0.356. The first-order valence-corrected chi connectivity index (χ1v) is 10.6. The lowest BCUT2D eigenvalue weighted by molar-refractivity contribution is 0.323. The Labute approximate surface area is 161 Å². The summed E-state index contributed by atoms with van der Waals surface area (Å²) in [6.07, 6.45) is 0.725. The normalized spacial score (nSPS) is 18.8. The lowest BCUT2D eigenvalue weighted by Gasteiger charge is -2.36. The Morgan fingerprint density at radius 1 is 0.815 bits per heavy atom. The van der Waals surface area contributed by atoms with Crippen molar-refractivity contribution in [1.29, 1.82) is 0 Å². The van der Waals surface area contributed by atoms with E-state index in [1.165, 1.54) is 5.57 Å². The van der Waals surface area contributed by atoms with E-state index in [1.54, 1.807) is 16.4 Å². The van der Waals surface area contributed by atoms with Gasteiger partial charge in [0.1, 0.15) is 0 Å². The summed E-state index contributed by atoms with van der Waals surface area (Å²) >= 11 is 0. The van der Waals surface area contributed by atoms with E-state index >= 15 is 0 Å². The van der Waals surface area contributed by atoms with Gasteiger partial charge in [-0.25, -0.2) is 8.42 Å². The van der Waals surface area contributed by atoms with Gasteiger partial charge in [-0.1, -0.05) is 71.8 Å². The Morgan fingerprint density at radius 3 is 2.22 bits per heavy atom. The summed E-state index contributed by atoms with van der Waals surface area (Å²) in [6.45, 7) is 4.56. The lowest BCUT2D eigenvalue weighted by Crippen LogP contribution is -2.39. The van der Waals surface area contributed by atoms with Crippen LogP contribution in [0.5, 0.6) is 0 Å². The zero-order chi connectivity index (χ0) is 19.0. The Morgan fingerprint density at radius 2 is 1.48 bits per heavy atom. The molecular formula is C23H23NO2S. The molecule has 0 saturated heterocycles. The van der Waals surface area contributed by atoms with E-state index in [-0.39, 0.29) is 6.04 Å². The molecule has 0 bridgehead atoms. The van der Waals surface area contributed by atoms with E-state index in [4.69, 9.17) is 0 Å². The van der Waals surface area contributed by atoms with E-state index in [2.05, 4.69) is 6.92 Å². The molecule has 0 aromatic heterocycles. The number of sulfonamides is 1. The third kappa shape index (κ3) is 3.31. The van der Waals surface area contributed by atoms with Crippen LogP contribution in [0.15, 0.2) is 88.8 Å². The van der Waals surface area contributed by atoms with Crippen molar-refractivity contribution < 1.29 is 8.42 Å². The van der Waals surface area contributed by atoms with Crippen molar-refractivity contribution in [2.24, 2.45) is 0 Å². The van der Waals surface area contributed by atoms with Gasteiger partial charge >= 0.3 is 0 Å². The third-order valence-corrected chi connectivity index (χ3v) is 7.33. The van der Waals surface area contributed by atoms with Gasteiger partial charge in [0.25, 0.3) is 0 Å². The summed E-state index contributed by atoms with van der Waals surface area (Å²) in [5.74, 6) is 0. The van der Waals surface area contributed by atoms with Crippen LogP contribution >= 0.6 is 0 Å². The fraction of sp³-hybridized carbons (Fsp3) is 0.217. The van der Waals surface area contributed by atoms with Crippen molar-refractivity contribution in [2.45, 2.75) is 31.2 Å². The van der Waals surface area contributed by atoms with Gasteiger partial charge in [0.05, 0.1) is 10.9 Å². The molecule has 4 heteroatoms. The molecule has 0 saturated carbocycles. The highest BCUT2D eigenvalue weighted by atomic mass is 32.2. The molecule has 0 fully saturated rings. The smallest absolute Gasteiger partial charge is 0.207 e. The number of hydrogen-bond donors (Lipinski definition) is 0. The summed E-state index contributed by atoms with van der Waals surface area (Å²) in [7, 11) is -3.61. The van der Waals surface area contributed by atoms with Crippen LogP contribution in [0.2, 0.25) is 0 Å². The van der Waals surface area contributed by atoms with Crippen molar-refractivity contribution >= 4 is 20.8 Å². The summed E-state index contributed by atoms with van der Waals surface area (Å²) in [6, 6.07) is 23.0. The number of nitrogens with zero attached hydrogens (tertiary/aromatic N) is 1. The molecule has 0 amide bonds.